The Kier molecular flexibility index (Phi) is 4.99. The van der Waals surface area contributed by atoms with Gasteiger partial charge in [-0.15, -0.1) is 0 Å². The number of halogens is 2. The molecule has 2 N–H and O–H groups in total. The van der Waals surface area contributed by atoms with Gasteiger partial charge in [-0.3, -0.25) is 4.79 Å². The third-order valence-electron chi connectivity index (χ3n) is 4.08. The van der Waals surface area contributed by atoms with Gasteiger partial charge < -0.3 is 9.64 Å². The molecule has 0 aliphatic carbocycles. The van der Waals surface area contributed by atoms with Crippen molar-refractivity contribution in [3.05, 3.63) is 65.9 Å². The van der Waals surface area contributed by atoms with Gasteiger partial charge in [-0.1, -0.05) is 6.08 Å². The van der Waals surface area contributed by atoms with Gasteiger partial charge in [0.25, 0.3) is 0 Å². The Morgan fingerprint density at radius 1 is 1.19 bits per heavy atom. The fourth-order valence-corrected chi connectivity index (χ4v) is 3.66. The summed E-state index contributed by atoms with van der Waals surface area (Å²) in [6, 6.07) is 5.72. The highest BCUT2D eigenvalue weighted by atomic mass is 32.2. The molecular formula is C18H16F2N2O4S. The average molecular weight is 394 g/mol. The maximum absolute atomic E-state index is 13.8. The number of benzene rings is 2. The largest absolute Gasteiger partial charge is 0.454 e. The van der Waals surface area contributed by atoms with Crippen molar-refractivity contribution in [3.8, 4) is 11.5 Å². The summed E-state index contributed by atoms with van der Waals surface area (Å²) in [4.78, 5) is 13.7. The topological polar surface area (TPSA) is 89.7 Å². The number of rotatable bonds is 4. The zero-order valence-corrected chi connectivity index (χ0v) is 15.0. The van der Waals surface area contributed by atoms with Crippen LogP contribution in [0.2, 0.25) is 0 Å². The van der Waals surface area contributed by atoms with Crippen LogP contribution in [-0.2, 0) is 14.8 Å². The molecule has 2 aromatic carbocycles. The van der Waals surface area contributed by atoms with Crippen molar-refractivity contribution in [3.63, 3.8) is 0 Å². The Balaban J connectivity index is 2.08. The highest BCUT2D eigenvalue weighted by Gasteiger charge is 2.30. The lowest BCUT2D eigenvalue weighted by atomic mass is 9.97. The second-order valence-corrected chi connectivity index (χ2v) is 7.57. The van der Waals surface area contributed by atoms with Crippen LogP contribution in [0.4, 0.5) is 8.78 Å². The summed E-state index contributed by atoms with van der Waals surface area (Å²) in [5.41, 5.74) is 0.120. The number of allylic oxidation sites excluding steroid dienone is 1. The van der Waals surface area contributed by atoms with Crippen LogP contribution in [0.1, 0.15) is 18.0 Å². The molecule has 1 atom stereocenters. The van der Waals surface area contributed by atoms with E-state index in [1.807, 2.05) is 0 Å². The first-order valence-corrected chi connectivity index (χ1v) is 9.42. The van der Waals surface area contributed by atoms with E-state index in [1.165, 1.54) is 18.2 Å². The molecule has 1 aliphatic heterocycles. The first-order valence-electron chi connectivity index (χ1n) is 7.88. The van der Waals surface area contributed by atoms with Gasteiger partial charge in [-0.2, -0.15) is 0 Å². The quantitative estimate of drug-likeness (QED) is 0.861. The first-order chi connectivity index (χ1) is 12.7. The molecule has 0 saturated heterocycles. The van der Waals surface area contributed by atoms with Crippen molar-refractivity contribution in [1.29, 1.82) is 0 Å². The van der Waals surface area contributed by atoms with Gasteiger partial charge in [0, 0.05) is 25.1 Å². The van der Waals surface area contributed by atoms with Gasteiger partial charge >= 0.3 is 0 Å². The van der Waals surface area contributed by atoms with Crippen molar-refractivity contribution < 1.29 is 26.7 Å². The number of nitrogens with two attached hydrogens (primary N) is 1. The summed E-state index contributed by atoms with van der Waals surface area (Å²) in [5, 5.41) is 5.28. The van der Waals surface area contributed by atoms with Crippen molar-refractivity contribution >= 4 is 15.8 Å². The monoisotopic (exact) mass is 394 g/mol. The second kappa shape index (κ2) is 7.09. The Hall–Kier alpha value is -2.78. The van der Waals surface area contributed by atoms with E-state index < -0.39 is 27.7 Å². The minimum absolute atomic E-state index is 0.0821. The van der Waals surface area contributed by atoms with Crippen molar-refractivity contribution in [2.45, 2.75) is 17.4 Å². The minimum atomic E-state index is -4.12. The maximum Gasteiger partial charge on any atom is 0.238 e. The molecule has 27 heavy (non-hydrogen) atoms. The zero-order chi connectivity index (χ0) is 19.8. The number of primary sulfonamides is 1. The summed E-state index contributed by atoms with van der Waals surface area (Å²) in [5.74, 6) is -2.06. The maximum atomic E-state index is 13.8. The predicted molar refractivity (Wildman–Crippen MR) is 93.5 cm³/mol. The molecule has 0 amide bonds. The normalized spacial score (nSPS) is 17.3. The van der Waals surface area contributed by atoms with Gasteiger partial charge in [0.1, 0.15) is 17.6 Å². The number of ketones is 1. The Labute approximate surface area is 154 Å². The third-order valence-corrected chi connectivity index (χ3v) is 5.06. The molecule has 9 heteroatoms. The molecule has 1 heterocycles. The number of nitrogens with zero attached hydrogens (tertiary/aromatic N) is 1. The van der Waals surface area contributed by atoms with Gasteiger partial charge in [0.2, 0.25) is 10.0 Å². The van der Waals surface area contributed by atoms with Crippen LogP contribution in [0, 0.1) is 11.6 Å². The highest BCUT2D eigenvalue weighted by Crippen LogP contribution is 2.34. The fourth-order valence-electron chi connectivity index (χ4n) is 2.90. The third kappa shape index (κ3) is 3.99. The van der Waals surface area contributed by atoms with E-state index in [1.54, 1.807) is 24.2 Å². The second-order valence-electron chi connectivity index (χ2n) is 6.04. The number of hydrogen-bond donors (Lipinski definition) is 1. The molecule has 0 radical (unpaired) electrons. The smallest absolute Gasteiger partial charge is 0.238 e. The van der Waals surface area contributed by atoms with Crippen LogP contribution in [-0.4, -0.2) is 26.1 Å². The van der Waals surface area contributed by atoms with E-state index in [9.17, 15) is 22.0 Å². The van der Waals surface area contributed by atoms with E-state index in [4.69, 9.17) is 9.88 Å². The summed E-state index contributed by atoms with van der Waals surface area (Å²) in [6.45, 7) is 0. The van der Waals surface area contributed by atoms with Gasteiger partial charge in [-0.05, 0) is 36.5 Å². The van der Waals surface area contributed by atoms with E-state index in [-0.39, 0.29) is 34.2 Å². The Morgan fingerprint density at radius 2 is 1.93 bits per heavy atom. The van der Waals surface area contributed by atoms with E-state index in [2.05, 4.69) is 0 Å². The zero-order valence-electron chi connectivity index (χ0n) is 14.2. The predicted octanol–water partition coefficient (Wildman–Crippen LogP) is 2.86. The molecule has 0 spiro atoms. The summed E-state index contributed by atoms with van der Waals surface area (Å²) in [6.07, 6.45) is 3.45. The lowest BCUT2D eigenvalue weighted by Crippen LogP contribution is -2.31. The molecule has 0 fully saturated rings. The van der Waals surface area contributed by atoms with Crippen LogP contribution in [0.5, 0.6) is 11.5 Å². The van der Waals surface area contributed by atoms with Crippen LogP contribution in [0.25, 0.3) is 0 Å². The SMILES string of the molecule is CN1C=CCC(=O)C1c1cc(Oc2ccc(F)cc2F)ccc1S(N)(=O)=O. The number of Topliss-reactive ketones (excluding diaryl/α,β-unsaturated/α-hetero) is 1. The molecule has 0 bridgehead atoms. The van der Waals surface area contributed by atoms with Gasteiger partial charge in [0.05, 0.1) is 4.90 Å². The van der Waals surface area contributed by atoms with E-state index in [0.717, 1.165) is 12.1 Å². The lowest BCUT2D eigenvalue weighted by molar-refractivity contribution is -0.123. The molecular weight excluding hydrogens is 378 g/mol. The molecule has 1 aliphatic rings. The molecule has 0 saturated carbocycles. The molecule has 3 rings (SSSR count). The van der Waals surface area contributed by atoms with Gasteiger partial charge in [0.15, 0.2) is 17.3 Å². The van der Waals surface area contributed by atoms with Gasteiger partial charge in [-0.25, -0.2) is 22.3 Å². The van der Waals surface area contributed by atoms with Crippen LogP contribution in [0.15, 0.2) is 53.6 Å². The molecule has 142 valence electrons. The minimum Gasteiger partial charge on any atom is -0.454 e. The Bertz CT molecular complexity index is 1040. The summed E-state index contributed by atoms with van der Waals surface area (Å²) in [7, 11) is -2.49. The number of carbonyl (C=O) groups is 1. The fraction of sp³-hybridized carbons (Fsp3) is 0.167. The summed E-state index contributed by atoms with van der Waals surface area (Å²) >= 11 is 0. The van der Waals surface area contributed by atoms with Crippen molar-refractivity contribution in [2.75, 3.05) is 7.05 Å². The van der Waals surface area contributed by atoms with E-state index >= 15 is 0 Å². The van der Waals surface area contributed by atoms with Crippen molar-refractivity contribution in [1.82, 2.24) is 4.90 Å². The number of hydrogen-bond acceptors (Lipinski definition) is 5. The number of carbonyl (C=O) groups excluding carboxylic acids is 1. The number of ether oxygens (including phenoxy) is 1. The number of likely N-dealkylation sites (N-methyl/N-ethyl adjacent to an activating group) is 1. The molecule has 0 aromatic heterocycles. The summed E-state index contributed by atoms with van der Waals surface area (Å²) < 4.78 is 56.2. The van der Waals surface area contributed by atoms with Crippen molar-refractivity contribution in [2.24, 2.45) is 5.14 Å². The molecule has 1 unspecified atom stereocenters. The Morgan fingerprint density at radius 3 is 2.56 bits per heavy atom. The van der Waals surface area contributed by atoms with Crippen LogP contribution in [0.3, 0.4) is 0 Å². The lowest BCUT2D eigenvalue weighted by Gasteiger charge is -2.30. The molecule has 6 nitrogen and oxygen atoms in total. The van der Waals surface area contributed by atoms with Crippen LogP contribution < -0.4 is 9.88 Å². The highest BCUT2D eigenvalue weighted by molar-refractivity contribution is 7.89. The standard InChI is InChI=1S/C18H16F2N2O4S/c1-22-8-2-3-15(23)18(22)13-10-12(5-7-17(13)27(21,24)25)26-16-6-4-11(19)9-14(16)20/h2,4-10,18H,3H2,1H3,(H2,21,24,25). The molecule has 2 aromatic rings. The first kappa shape index (κ1) is 19.0. The van der Waals surface area contributed by atoms with E-state index in [0.29, 0.717) is 6.07 Å². The number of sulfonamides is 1. The van der Waals surface area contributed by atoms with Crippen LogP contribution >= 0.6 is 0 Å². The average Bonchev–Trinajstić information content (AvgIpc) is 2.56.